The Morgan fingerprint density at radius 1 is 1.16 bits per heavy atom. The van der Waals surface area contributed by atoms with Gasteiger partial charge < -0.3 is 4.74 Å². The molecular weight excluding hydrogens is 236 g/mol. The zero-order valence-corrected chi connectivity index (χ0v) is 11.2. The molecule has 3 rings (SSSR count). The van der Waals surface area contributed by atoms with E-state index in [0.29, 0.717) is 5.88 Å². The van der Waals surface area contributed by atoms with Crippen LogP contribution in [0.15, 0.2) is 36.4 Å². The number of aromatic nitrogens is 2. The summed E-state index contributed by atoms with van der Waals surface area (Å²) in [5, 5.41) is 0. The lowest BCUT2D eigenvalue weighted by Gasteiger charge is -2.08. The van der Waals surface area contributed by atoms with Gasteiger partial charge in [-0.25, -0.2) is 4.98 Å². The van der Waals surface area contributed by atoms with Crippen molar-refractivity contribution >= 4 is 0 Å². The van der Waals surface area contributed by atoms with Crippen LogP contribution in [-0.4, -0.2) is 16.6 Å². The lowest BCUT2D eigenvalue weighted by molar-refractivity contribution is 0.287. The molecule has 0 N–H and O–H groups in total. The molecule has 0 saturated heterocycles. The Morgan fingerprint density at radius 3 is 2.63 bits per heavy atom. The van der Waals surface area contributed by atoms with Gasteiger partial charge >= 0.3 is 0 Å². The SMILES string of the molecule is CCc1nc(OCC2CC2)cc(-c2ccccc2)n1. The average Bonchev–Trinajstić information content (AvgIpc) is 3.30. The summed E-state index contributed by atoms with van der Waals surface area (Å²) >= 11 is 0. The number of benzene rings is 1. The molecule has 1 aliphatic rings. The smallest absolute Gasteiger partial charge is 0.217 e. The topological polar surface area (TPSA) is 35.0 Å². The number of ether oxygens (including phenoxy) is 1. The van der Waals surface area contributed by atoms with E-state index in [1.165, 1.54) is 12.8 Å². The van der Waals surface area contributed by atoms with Crippen molar-refractivity contribution in [2.24, 2.45) is 5.92 Å². The van der Waals surface area contributed by atoms with Gasteiger partial charge in [0.1, 0.15) is 5.82 Å². The van der Waals surface area contributed by atoms with Gasteiger partial charge in [-0.15, -0.1) is 0 Å². The molecule has 0 aliphatic heterocycles. The number of rotatable bonds is 5. The summed E-state index contributed by atoms with van der Waals surface area (Å²) in [7, 11) is 0. The molecule has 2 aromatic rings. The first-order valence-electron chi connectivity index (χ1n) is 6.91. The van der Waals surface area contributed by atoms with Crippen molar-refractivity contribution < 1.29 is 4.74 Å². The predicted octanol–water partition coefficient (Wildman–Crippen LogP) is 3.49. The maximum Gasteiger partial charge on any atom is 0.217 e. The molecule has 3 heteroatoms. The van der Waals surface area contributed by atoms with Crippen molar-refractivity contribution in [3.63, 3.8) is 0 Å². The Balaban J connectivity index is 1.87. The first-order chi connectivity index (χ1) is 9.35. The summed E-state index contributed by atoms with van der Waals surface area (Å²) in [4.78, 5) is 9.02. The second-order valence-electron chi connectivity index (χ2n) is 4.98. The van der Waals surface area contributed by atoms with Crippen LogP contribution in [0.1, 0.15) is 25.6 Å². The minimum Gasteiger partial charge on any atom is -0.477 e. The molecule has 0 amide bonds. The highest BCUT2D eigenvalue weighted by Crippen LogP contribution is 2.29. The molecule has 98 valence electrons. The second kappa shape index (κ2) is 5.39. The first-order valence-corrected chi connectivity index (χ1v) is 6.91. The van der Waals surface area contributed by atoms with E-state index in [1.54, 1.807) is 0 Å². The minimum absolute atomic E-state index is 0.706. The van der Waals surface area contributed by atoms with Gasteiger partial charge in [-0.3, -0.25) is 0 Å². The highest BCUT2D eigenvalue weighted by molar-refractivity contribution is 5.59. The van der Waals surface area contributed by atoms with Crippen molar-refractivity contribution in [3.8, 4) is 17.1 Å². The third-order valence-corrected chi connectivity index (χ3v) is 3.30. The molecule has 1 fully saturated rings. The van der Waals surface area contributed by atoms with Crippen LogP contribution in [0.4, 0.5) is 0 Å². The molecule has 3 nitrogen and oxygen atoms in total. The number of hydrogen-bond acceptors (Lipinski definition) is 3. The lowest BCUT2D eigenvalue weighted by Crippen LogP contribution is -2.04. The van der Waals surface area contributed by atoms with Crippen LogP contribution in [0, 0.1) is 5.92 Å². The van der Waals surface area contributed by atoms with Gasteiger partial charge in [0.05, 0.1) is 12.3 Å². The summed E-state index contributed by atoms with van der Waals surface area (Å²) in [5.41, 5.74) is 2.05. The van der Waals surface area contributed by atoms with Gasteiger partial charge in [0.2, 0.25) is 5.88 Å². The molecule has 1 aromatic carbocycles. The van der Waals surface area contributed by atoms with E-state index in [-0.39, 0.29) is 0 Å². The monoisotopic (exact) mass is 254 g/mol. The van der Waals surface area contributed by atoms with Crippen LogP contribution < -0.4 is 4.74 Å². The highest BCUT2D eigenvalue weighted by atomic mass is 16.5. The Hall–Kier alpha value is -1.90. The maximum atomic E-state index is 5.78. The van der Waals surface area contributed by atoms with E-state index < -0.39 is 0 Å². The first kappa shape index (κ1) is 12.2. The molecule has 0 radical (unpaired) electrons. The fourth-order valence-corrected chi connectivity index (χ4v) is 1.95. The summed E-state index contributed by atoms with van der Waals surface area (Å²) in [6.45, 7) is 2.85. The molecular formula is C16H18N2O. The minimum atomic E-state index is 0.706. The zero-order chi connectivity index (χ0) is 13.1. The average molecular weight is 254 g/mol. The van der Waals surface area contributed by atoms with Crippen LogP contribution in [0.3, 0.4) is 0 Å². The molecule has 1 aliphatic carbocycles. The van der Waals surface area contributed by atoms with Crippen LogP contribution in [0.5, 0.6) is 5.88 Å². The van der Waals surface area contributed by atoms with E-state index in [0.717, 1.165) is 36.0 Å². The normalized spacial score (nSPS) is 14.4. The van der Waals surface area contributed by atoms with E-state index in [9.17, 15) is 0 Å². The van der Waals surface area contributed by atoms with Gasteiger partial charge in [0.25, 0.3) is 0 Å². The Kier molecular flexibility index (Phi) is 3.45. The largest absolute Gasteiger partial charge is 0.477 e. The number of nitrogens with zero attached hydrogens (tertiary/aromatic N) is 2. The van der Waals surface area contributed by atoms with Gasteiger partial charge in [-0.2, -0.15) is 4.98 Å². The van der Waals surface area contributed by atoms with E-state index in [1.807, 2.05) is 24.3 Å². The van der Waals surface area contributed by atoms with E-state index >= 15 is 0 Å². The van der Waals surface area contributed by atoms with Crippen LogP contribution in [0.25, 0.3) is 11.3 Å². The third kappa shape index (κ3) is 3.11. The van der Waals surface area contributed by atoms with Crippen LogP contribution >= 0.6 is 0 Å². The van der Waals surface area contributed by atoms with Gasteiger partial charge in [0.15, 0.2) is 0 Å². The fraction of sp³-hybridized carbons (Fsp3) is 0.375. The van der Waals surface area contributed by atoms with Crippen molar-refractivity contribution in [3.05, 3.63) is 42.2 Å². The summed E-state index contributed by atoms with van der Waals surface area (Å²) in [5.74, 6) is 2.28. The molecule has 0 bridgehead atoms. The molecule has 1 heterocycles. The fourth-order valence-electron chi connectivity index (χ4n) is 1.95. The van der Waals surface area contributed by atoms with Gasteiger partial charge in [-0.1, -0.05) is 37.3 Å². The molecule has 1 aromatic heterocycles. The number of aryl methyl sites for hydroxylation is 1. The molecule has 0 atom stereocenters. The highest BCUT2D eigenvalue weighted by Gasteiger charge is 2.22. The molecule has 1 saturated carbocycles. The quantitative estimate of drug-likeness (QED) is 0.819. The van der Waals surface area contributed by atoms with E-state index in [2.05, 4.69) is 29.0 Å². The Labute approximate surface area is 113 Å². The van der Waals surface area contributed by atoms with Gasteiger partial charge in [-0.05, 0) is 18.8 Å². The molecule has 19 heavy (non-hydrogen) atoms. The standard InChI is InChI=1S/C16H18N2O/c1-2-15-17-14(13-6-4-3-5-7-13)10-16(18-15)19-11-12-8-9-12/h3-7,10,12H,2,8-9,11H2,1H3. The summed E-state index contributed by atoms with van der Waals surface area (Å²) < 4.78 is 5.78. The summed E-state index contributed by atoms with van der Waals surface area (Å²) in [6.07, 6.45) is 3.40. The lowest BCUT2D eigenvalue weighted by atomic mass is 10.1. The molecule has 0 spiro atoms. The predicted molar refractivity (Wildman–Crippen MR) is 75.1 cm³/mol. The van der Waals surface area contributed by atoms with Crippen molar-refractivity contribution in [1.82, 2.24) is 9.97 Å². The van der Waals surface area contributed by atoms with Crippen molar-refractivity contribution in [2.75, 3.05) is 6.61 Å². The Bertz CT molecular complexity index is 550. The zero-order valence-electron chi connectivity index (χ0n) is 11.2. The maximum absolute atomic E-state index is 5.78. The van der Waals surface area contributed by atoms with Crippen LogP contribution in [0.2, 0.25) is 0 Å². The second-order valence-corrected chi connectivity index (χ2v) is 4.98. The van der Waals surface area contributed by atoms with Crippen molar-refractivity contribution in [2.45, 2.75) is 26.2 Å². The summed E-state index contributed by atoms with van der Waals surface area (Å²) in [6, 6.07) is 12.1. The number of hydrogen-bond donors (Lipinski definition) is 0. The van der Waals surface area contributed by atoms with Gasteiger partial charge in [0, 0.05) is 18.1 Å². The van der Waals surface area contributed by atoms with Crippen molar-refractivity contribution in [1.29, 1.82) is 0 Å². The third-order valence-electron chi connectivity index (χ3n) is 3.30. The Morgan fingerprint density at radius 2 is 1.95 bits per heavy atom. The van der Waals surface area contributed by atoms with Crippen LogP contribution in [-0.2, 0) is 6.42 Å². The molecule has 0 unspecified atom stereocenters. The van der Waals surface area contributed by atoms with E-state index in [4.69, 9.17) is 4.74 Å².